The normalized spacial score (nSPS) is 16.0. The molecule has 0 aliphatic carbocycles. The number of rotatable bonds is 2. The van der Waals surface area contributed by atoms with Crippen molar-refractivity contribution in [1.29, 1.82) is 5.26 Å². The average Bonchev–Trinajstić information content (AvgIpc) is 2.56. The lowest BCUT2D eigenvalue weighted by Crippen LogP contribution is -2.42. The third-order valence-electron chi connectivity index (χ3n) is 2.87. The van der Waals surface area contributed by atoms with Gasteiger partial charge in [0.15, 0.2) is 0 Å². The van der Waals surface area contributed by atoms with Crippen LogP contribution in [0.2, 0.25) is 0 Å². The molecular formula is C13H12N2O2. The van der Waals surface area contributed by atoms with Crippen LogP contribution in [0.25, 0.3) is 0 Å². The van der Waals surface area contributed by atoms with E-state index in [2.05, 4.69) is 0 Å². The molecule has 1 aliphatic heterocycles. The SMILES string of the molecule is CC(C)C(C#N)N1C(=O)c2ccccc2C1=O. The number of nitriles is 1. The molecule has 1 heterocycles. The zero-order valence-corrected chi connectivity index (χ0v) is 9.68. The lowest BCUT2D eigenvalue weighted by Gasteiger charge is -2.22. The summed E-state index contributed by atoms with van der Waals surface area (Å²) in [5.41, 5.74) is 0.775. The van der Waals surface area contributed by atoms with Crippen LogP contribution in [0.5, 0.6) is 0 Å². The number of benzene rings is 1. The van der Waals surface area contributed by atoms with Gasteiger partial charge in [0.1, 0.15) is 6.04 Å². The molecule has 0 aromatic heterocycles. The molecule has 0 N–H and O–H groups in total. The molecular weight excluding hydrogens is 216 g/mol. The Bertz CT molecular complexity index is 493. The molecule has 1 unspecified atom stereocenters. The van der Waals surface area contributed by atoms with Gasteiger partial charge >= 0.3 is 0 Å². The fourth-order valence-corrected chi connectivity index (χ4v) is 1.97. The number of imide groups is 1. The maximum absolute atomic E-state index is 12.1. The van der Waals surface area contributed by atoms with E-state index in [0.717, 1.165) is 4.90 Å². The monoisotopic (exact) mass is 228 g/mol. The van der Waals surface area contributed by atoms with E-state index in [9.17, 15) is 9.59 Å². The molecule has 0 bridgehead atoms. The molecule has 0 fully saturated rings. The van der Waals surface area contributed by atoms with E-state index in [0.29, 0.717) is 11.1 Å². The summed E-state index contributed by atoms with van der Waals surface area (Å²) in [5, 5.41) is 9.08. The third-order valence-corrected chi connectivity index (χ3v) is 2.87. The lowest BCUT2D eigenvalue weighted by atomic mass is 10.0. The zero-order valence-electron chi connectivity index (χ0n) is 9.68. The first-order chi connectivity index (χ1) is 8.07. The van der Waals surface area contributed by atoms with Gasteiger partial charge in [-0.1, -0.05) is 26.0 Å². The van der Waals surface area contributed by atoms with E-state index in [-0.39, 0.29) is 17.7 Å². The molecule has 1 atom stereocenters. The molecule has 17 heavy (non-hydrogen) atoms. The Morgan fingerprint density at radius 1 is 1.12 bits per heavy atom. The second-order valence-corrected chi connectivity index (χ2v) is 4.34. The maximum Gasteiger partial charge on any atom is 0.262 e. The molecule has 4 nitrogen and oxygen atoms in total. The topological polar surface area (TPSA) is 61.2 Å². The summed E-state index contributed by atoms with van der Waals surface area (Å²) in [6.45, 7) is 3.63. The molecule has 0 saturated carbocycles. The molecule has 0 radical (unpaired) electrons. The minimum absolute atomic E-state index is 0.0813. The van der Waals surface area contributed by atoms with Crippen molar-refractivity contribution in [3.63, 3.8) is 0 Å². The number of hydrogen-bond donors (Lipinski definition) is 0. The quantitative estimate of drug-likeness (QED) is 0.725. The Morgan fingerprint density at radius 3 is 1.94 bits per heavy atom. The predicted octanol–water partition coefficient (Wildman–Crippen LogP) is 1.83. The highest BCUT2D eigenvalue weighted by Gasteiger charge is 2.40. The minimum Gasteiger partial charge on any atom is -0.269 e. The molecule has 1 aliphatic rings. The molecule has 86 valence electrons. The maximum atomic E-state index is 12.1. The van der Waals surface area contributed by atoms with Crippen LogP contribution in [-0.2, 0) is 0 Å². The molecule has 2 rings (SSSR count). The Balaban J connectivity index is 2.47. The summed E-state index contributed by atoms with van der Waals surface area (Å²) in [4.78, 5) is 25.2. The number of carbonyl (C=O) groups is 2. The van der Waals surface area contributed by atoms with Crippen molar-refractivity contribution >= 4 is 11.8 Å². The highest BCUT2D eigenvalue weighted by atomic mass is 16.2. The number of amides is 2. The standard InChI is InChI=1S/C13H12N2O2/c1-8(2)11(7-14)15-12(16)9-5-3-4-6-10(9)13(15)17/h3-6,8,11H,1-2H3. The average molecular weight is 228 g/mol. The molecule has 0 spiro atoms. The van der Waals surface area contributed by atoms with Crippen LogP contribution in [-0.4, -0.2) is 22.8 Å². The summed E-state index contributed by atoms with van der Waals surface area (Å²) in [6.07, 6.45) is 0. The van der Waals surface area contributed by atoms with Crippen LogP contribution >= 0.6 is 0 Å². The summed E-state index contributed by atoms with van der Waals surface area (Å²) < 4.78 is 0. The minimum atomic E-state index is -0.706. The number of fused-ring (bicyclic) bond motifs is 1. The molecule has 1 aromatic rings. The van der Waals surface area contributed by atoms with Crippen LogP contribution < -0.4 is 0 Å². The van der Waals surface area contributed by atoms with Gasteiger partial charge in [0, 0.05) is 0 Å². The second-order valence-electron chi connectivity index (χ2n) is 4.34. The van der Waals surface area contributed by atoms with E-state index < -0.39 is 6.04 Å². The van der Waals surface area contributed by atoms with Crippen molar-refractivity contribution < 1.29 is 9.59 Å². The first kappa shape index (κ1) is 11.3. The number of carbonyl (C=O) groups excluding carboxylic acids is 2. The van der Waals surface area contributed by atoms with Crippen molar-refractivity contribution in [3.05, 3.63) is 35.4 Å². The Labute approximate surface area is 99.5 Å². The van der Waals surface area contributed by atoms with Crippen LogP contribution in [0.1, 0.15) is 34.6 Å². The van der Waals surface area contributed by atoms with Crippen molar-refractivity contribution in [2.45, 2.75) is 19.9 Å². The van der Waals surface area contributed by atoms with Gasteiger partial charge in [0.25, 0.3) is 11.8 Å². The van der Waals surface area contributed by atoms with E-state index in [1.807, 2.05) is 19.9 Å². The first-order valence-corrected chi connectivity index (χ1v) is 5.44. The Kier molecular flexibility index (Phi) is 2.68. The summed E-state index contributed by atoms with van der Waals surface area (Å²) in [5.74, 6) is -0.820. The van der Waals surface area contributed by atoms with Crippen molar-refractivity contribution in [2.24, 2.45) is 5.92 Å². The summed E-state index contributed by atoms with van der Waals surface area (Å²) in [6, 6.07) is 7.97. The summed E-state index contributed by atoms with van der Waals surface area (Å²) >= 11 is 0. The zero-order chi connectivity index (χ0) is 12.6. The van der Waals surface area contributed by atoms with Gasteiger partial charge in [0.2, 0.25) is 0 Å². The Hall–Kier alpha value is -2.15. The van der Waals surface area contributed by atoms with Gasteiger partial charge in [-0.05, 0) is 18.1 Å². The van der Waals surface area contributed by atoms with Crippen molar-refractivity contribution in [2.75, 3.05) is 0 Å². The van der Waals surface area contributed by atoms with E-state index >= 15 is 0 Å². The number of hydrogen-bond acceptors (Lipinski definition) is 3. The van der Waals surface area contributed by atoms with Gasteiger partial charge in [-0.3, -0.25) is 14.5 Å². The van der Waals surface area contributed by atoms with Gasteiger partial charge in [-0.25, -0.2) is 0 Å². The van der Waals surface area contributed by atoms with Crippen LogP contribution in [0.3, 0.4) is 0 Å². The second kappa shape index (κ2) is 4.02. The van der Waals surface area contributed by atoms with Gasteiger partial charge < -0.3 is 0 Å². The predicted molar refractivity (Wildman–Crippen MR) is 61.2 cm³/mol. The van der Waals surface area contributed by atoms with Gasteiger partial charge in [0.05, 0.1) is 17.2 Å². The van der Waals surface area contributed by atoms with Crippen LogP contribution in [0.15, 0.2) is 24.3 Å². The molecule has 1 aromatic carbocycles. The van der Waals surface area contributed by atoms with Crippen LogP contribution in [0.4, 0.5) is 0 Å². The van der Waals surface area contributed by atoms with E-state index in [1.165, 1.54) is 0 Å². The molecule has 2 amide bonds. The lowest BCUT2D eigenvalue weighted by molar-refractivity contribution is 0.0588. The van der Waals surface area contributed by atoms with E-state index in [1.54, 1.807) is 24.3 Å². The third kappa shape index (κ3) is 1.60. The highest BCUT2D eigenvalue weighted by molar-refractivity contribution is 6.21. The van der Waals surface area contributed by atoms with Crippen LogP contribution in [0, 0.1) is 17.2 Å². The van der Waals surface area contributed by atoms with E-state index in [4.69, 9.17) is 5.26 Å². The fraction of sp³-hybridized carbons (Fsp3) is 0.308. The highest BCUT2D eigenvalue weighted by Crippen LogP contribution is 2.26. The van der Waals surface area contributed by atoms with Gasteiger partial charge in [-0.2, -0.15) is 5.26 Å². The number of nitrogens with zero attached hydrogens (tertiary/aromatic N) is 2. The first-order valence-electron chi connectivity index (χ1n) is 5.44. The van der Waals surface area contributed by atoms with Gasteiger partial charge in [-0.15, -0.1) is 0 Å². The Morgan fingerprint density at radius 2 is 1.59 bits per heavy atom. The van der Waals surface area contributed by atoms with Crippen molar-refractivity contribution in [1.82, 2.24) is 4.90 Å². The van der Waals surface area contributed by atoms with Crippen molar-refractivity contribution in [3.8, 4) is 6.07 Å². The smallest absolute Gasteiger partial charge is 0.262 e. The molecule has 0 saturated heterocycles. The fourth-order valence-electron chi connectivity index (χ4n) is 1.97. The summed E-state index contributed by atoms with van der Waals surface area (Å²) in [7, 11) is 0. The largest absolute Gasteiger partial charge is 0.269 e. The molecule has 4 heteroatoms.